The lowest BCUT2D eigenvalue weighted by Gasteiger charge is -2.11. The average molecular weight is 390 g/mol. The number of aromatic nitrogens is 4. The van der Waals surface area contributed by atoms with Gasteiger partial charge in [-0.05, 0) is 44.5 Å². The molecular weight excluding hydrogens is 374 g/mol. The molecule has 6 nitrogen and oxygen atoms in total. The van der Waals surface area contributed by atoms with Gasteiger partial charge in [-0.3, -0.25) is 0 Å². The Morgan fingerprint density at radius 2 is 2.04 bits per heavy atom. The topological polar surface area (TPSA) is 61.5 Å². The molecule has 0 aliphatic rings. The van der Waals surface area contributed by atoms with Gasteiger partial charge in [-0.2, -0.15) is 8.78 Å². The van der Waals surface area contributed by atoms with E-state index in [-0.39, 0.29) is 11.5 Å². The standard InChI is InChI=1S/C18H16F2N4O2S/c1-4-25-13-7-11(5-6-12(13)26-18(19)20)15-22-16-14-9(2)10(3)27-17(14)21-8-24(16)23-15/h5-8,18H,4H2,1-3H3. The van der Waals surface area contributed by atoms with Crippen molar-refractivity contribution in [3.05, 3.63) is 35.0 Å². The largest absolute Gasteiger partial charge is 0.490 e. The lowest BCUT2D eigenvalue weighted by atomic mass is 10.2. The molecule has 0 aliphatic carbocycles. The summed E-state index contributed by atoms with van der Waals surface area (Å²) < 4.78 is 36.7. The lowest BCUT2D eigenvalue weighted by Crippen LogP contribution is -2.04. The van der Waals surface area contributed by atoms with Gasteiger partial charge in [0.1, 0.15) is 11.2 Å². The van der Waals surface area contributed by atoms with Crippen molar-refractivity contribution in [3.63, 3.8) is 0 Å². The van der Waals surface area contributed by atoms with Crippen molar-refractivity contribution in [1.29, 1.82) is 0 Å². The molecule has 0 spiro atoms. The Balaban J connectivity index is 1.84. The van der Waals surface area contributed by atoms with Gasteiger partial charge in [-0.15, -0.1) is 16.4 Å². The first-order valence-corrected chi connectivity index (χ1v) is 9.12. The minimum Gasteiger partial charge on any atom is -0.490 e. The van der Waals surface area contributed by atoms with Gasteiger partial charge in [-0.25, -0.2) is 14.5 Å². The second-order valence-corrected chi connectivity index (χ2v) is 7.09. The highest BCUT2D eigenvalue weighted by molar-refractivity contribution is 7.18. The van der Waals surface area contributed by atoms with Crippen molar-refractivity contribution >= 4 is 27.2 Å². The van der Waals surface area contributed by atoms with Crippen LogP contribution in [0.15, 0.2) is 24.5 Å². The maximum absolute atomic E-state index is 12.6. The number of thiophene rings is 1. The van der Waals surface area contributed by atoms with Gasteiger partial charge >= 0.3 is 6.61 Å². The highest BCUT2D eigenvalue weighted by atomic mass is 32.1. The van der Waals surface area contributed by atoms with Crippen molar-refractivity contribution in [1.82, 2.24) is 19.6 Å². The van der Waals surface area contributed by atoms with E-state index < -0.39 is 6.61 Å². The van der Waals surface area contributed by atoms with Crippen LogP contribution >= 0.6 is 11.3 Å². The van der Waals surface area contributed by atoms with Crippen LogP contribution in [0.4, 0.5) is 8.78 Å². The number of benzene rings is 1. The van der Waals surface area contributed by atoms with Crippen LogP contribution in [0.25, 0.3) is 27.3 Å². The van der Waals surface area contributed by atoms with Crippen molar-refractivity contribution in [2.75, 3.05) is 6.61 Å². The summed E-state index contributed by atoms with van der Waals surface area (Å²) in [5, 5.41) is 5.45. The van der Waals surface area contributed by atoms with E-state index in [1.165, 1.54) is 10.9 Å². The molecule has 4 aromatic rings. The summed E-state index contributed by atoms with van der Waals surface area (Å²) in [6.07, 6.45) is 1.63. The predicted molar refractivity (Wildman–Crippen MR) is 98.9 cm³/mol. The number of halogens is 2. The molecule has 0 radical (unpaired) electrons. The molecule has 0 bridgehead atoms. The summed E-state index contributed by atoms with van der Waals surface area (Å²) >= 11 is 1.62. The van der Waals surface area contributed by atoms with Gasteiger partial charge in [-0.1, -0.05) is 0 Å². The summed E-state index contributed by atoms with van der Waals surface area (Å²) in [6.45, 7) is 3.25. The van der Waals surface area contributed by atoms with Gasteiger partial charge in [0, 0.05) is 10.4 Å². The molecule has 0 fully saturated rings. The molecule has 0 amide bonds. The average Bonchev–Trinajstić information content (AvgIpc) is 3.17. The number of fused-ring (bicyclic) bond motifs is 3. The quantitative estimate of drug-likeness (QED) is 0.497. The maximum atomic E-state index is 12.6. The van der Waals surface area contributed by atoms with E-state index in [1.54, 1.807) is 41.2 Å². The molecule has 0 saturated carbocycles. The molecule has 1 aromatic carbocycles. The van der Waals surface area contributed by atoms with E-state index >= 15 is 0 Å². The zero-order valence-corrected chi connectivity index (χ0v) is 15.7. The summed E-state index contributed by atoms with van der Waals surface area (Å²) in [6, 6.07) is 4.67. The first kappa shape index (κ1) is 17.6. The number of hydrogen-bond donors (Lipinski definition) is 0. The Hall–Kier alpha value is -2.81. The Morgan fingerprint density at radius 1 is 1.22 bits per heavy atom. The molecule has 0 aliphatic heterocycles. The van der Waals surface area contributed by atoms with Crippen LogP contribution in [0.3, 0.4) is 0 Å². The van der Waals surface area contributed by atoms with Gasteiger partial charge in [0.2, 0.25) is 0 Å². The number of hydrogen-bond acceptors (Lipinski definition) is 6. The van der Waals surface area contributed by atoms with E-state index in [0.29, 0.717) is 23.6 Å². The van der Waals surface area contributed by atoms with Gasteiger partial charge in [0.15, 0.2) is 23.0 Å². The number of rotatable bonds is 5. The number of nitrogens with zero attached hydrogens (tertiary/aromatic N) is 4. The van der Waals surface area contributed by atoms with Crippen LogP contribution in [0.1, 0.15) is 17.4 Å². The SMILES string of the molecule is CCOc1cc(-c2nc3c4c(C)c(C)sc4ncn3n2)ccc1OC(F)F. The zero-order valence-electron chi connectivity index (χ0n) is 14.9. The molecule has 140 valence electrons. The van der Waals surface area contributed by atoms with E-state index in [2.05, 4.69) is 19.8 Å². The third-order valence-corrected chi connectivity index (χ3v) is 5.34. The fourth-order valence-corrected chi connectivity index (χ4v) is 3.87. The summed E-state index contributed by atoms with van der Waals surface area (Å²) in [5.74, 6) is 0.657. The Kier molecular flexibility index (Phi) is 4.39. The fraction of sp³-hybridized carbons (Fsp3) is 0.278. The second kappa shape index (κ2) is 6.73. The highest BCUT2D eigenvalue weighted by Crippen LogP contribution is 2.35. The molecule has 0 unspecified atom stereocenters. The van der Waals surface area contributed by atoms with Crippen LogP contribution in [0.2, 0.25) is 0 Å². The van der Waals surface area contributed by atoms with Crippen molar-refractivity contribution in [2.24, 2.45) is 0 Å². The predicted octanol–water partition coefficient (Wildman–Crippen LogP) is 4.62. The van der Waals surface area contributed by atoms with E-state index in [4.69, 9.17) is 4.74 Å². The Morgan fingerprint density at radius 3 is 2.78 bits per heavy atom. The van der Waals surface area contributed by atoms with Crippen molar-refractivity contribution in [3.8, 4) is 22.9 Å². The summed E-state index contributed by atoms with van der Waals surface area (Å²) in [7, 11) is 0. The van der Waals surface area contributed by atoms with E-state index in [1.807, 2.05) is 13.8 Å². The highest BCUT2D eigenvalue weighted by Gasteiger charge is 2.17. The third kappa shape index (κ3) is 3.08. The van der Waals surface area contributed by atoms with Crippen molar-refractivity contribution in [2.45, 2.75) is 27.4 Å². The van der Waals surface area contributed by atoms with Gasteiger partial charge in [0.05, 0.1) is 12.0 Å². The normalized spacial score (nSPS) is 11.6. The Bertz CT molecular complexity index is 1140. The molecule has 0 N–H and O–H groups in total. The first-order valence-electron chi connectivity index (χ1n) is 8.31. The number of aryl methyl sites for hydroxylation is 2. The third-order valence-electron chi connectivity index (χ3n) is 4.22. The summed E-state index contributed by atoms with van der Waals surface area (Å²) in [5.41, 5.74) is 2.48. The molecule has 0 saturated heterocycles. The lowest BCUT2D eigenvalue weighted by molar-refractivity contribution is -0.0514. The minimum absolute atomic E-state index is 0.0206. The zero-order chi connectivity index (χ0) is 19.1. The van der Waals surface area contributed by atoms with E-state index in [0.717, 1.165) is 15.8 Å². The monoisotopic (exact) mass is 390 g/mol. The number of ether oxygens (including phenoxy) is 2. The minimum atomic E-state index is -2.92. The smallest absolute Gasteiger partial charge is 0.387 e. The number of alkyl halides is 2. The van der Waals surface area contributed by atoms with Gasteiger partial charge in [0.25, 0.3) is 0 Å². The fourth-order valence-electron chi connectivity index (χ4n) is 2.88. The maximum Gasteiger partial charge on any atom is 0.387 e. The van der Waals surface area contributed by atoms with Gasteiger partial charge < -0.3 is 9.47 Å². The van der Waals surface area contributed by atoms with Crippen LogP contribution in [0.5, 0.6) is 11.5 Å². The first-order chi connectivity index (χ1) is 13.0. The van der Waals surface area contributed by atoms with Crippen LogP contribution in [-0.4, -0.2) is 32.8 Å². The molecule has 3 heterocycles. The molecule has 0 atom stereocenters. The van der Waals surface area contributed by atoms with Crippen LogP contribution in [0, 0.1) is 13.8 Å². The molecular formula is C18H16F2N4O2S. The van der Waals surface area contributed by atoms with Crippen LogP contribution in [-0.2, 0) is 0 Å². The second-order valence-electron chi connectivity index (χ2n) is 5.88. The van der Waals surface area contributed by atoms with Crippen molar-refractivity contribution < 1.29 is 18.3 Å². The molecule has 9 heteroatoms. The molecule has 27 heavy (non-hydrogen) atoms. The van der Waals surface area contributed by atoms with Crippen LogP contribution < -0.4 is 9.47 Å². The molecule has 3 aromatic heterocycles. The summed E-state index contributed by atoms with van der Waals surface area (Å²) in [4.78, 5) is 11.2. The van der Waals surface area contributed by atoms with E-state index in [9.17, 15) is 8.78 Å². The molecule has 4 rings (SSSR count). The Labute approximate surface area is 157 Å².